The Morgan fingerprint density at radius 3 is 1.00 bits per heavy atom. The lowest BCUT2D eigenvalue weighted by atomic mass is 10.1. The first kappa shape index (κ1) is 58.1. The van der Waals surface area contributed by atoms with Crippen LogP contribution in [0, 0.1) is 0 Å². The van der Waals surface area contributed by atoms with Crippen LogP contribution in [0.1, 0.15) is 252 Å². The van der Waals surface area contributed by atoms with E-state index in [1.807, 2.05) is 0 Å². The topological polar surface area (TPSA) is 78.9 Å². The van der Waals surface area contributed by atoms with Gasteiger partial charge in [-0.3, -0.25) is 14.4 Å². The fraction of sp³-hybridized carbons (Fsp3) is 0.764. The van der Waals surface area contributed by atoms with E-state index in [0.29, 0.717) is 19.3 Å². The van der Waals surface area contributed by atoms with Crippen LogP contribution in [0.3, 0.4) is 0 Å². The first-order chi connectivity index (χ1) is 30.0. The van der Waals surface area contributed by atoms with E-state index >= 15 is 0 Å². The molecule has 0 radical (unpaired) electrons. The molecule has 0 fully saturated rings. The molecular formula is C55H96O6. The summed E-state index contributed by atoms with van der Waals surface area (Å²) in [7, 11) is 0. The molecule has 0 aliphatic carbocycles. The van der Waals surface area contributed by atoms with Gasteiger partial charge in [0.05, 0.1) is 0 Å². The van der Waals surface area contributed by atoms with E-state index in [-0.39, 0.29) is 31.1 Å². The molecule has 0 aromatic carbocycles. The fourth-order valence-electron chi connectivity index (χ4n) is 7.07. The van der Waals surface area contributed by atoms with Crippen molar-refractivity contribution in [1.82, 2.24) is 0 Å². The number of ether oxygens (including phenoxy) is 3. The number of rotatable bonds is 46. The van der Waals surface area contributed by atoms with E-state index in [4.69, 9.17) is 14.2 Å². The number of carbonyl (C=O) groups excluding carboxylic acids is 3. The number of unbranched alkanes of at least 4 members (excludes halogenated alkanes) is 25. The summed E-state index contributed by atoms with van der Waals surface area (Å²) in [4.78, 5) is 37.9. The zero-order valence-electron chi connectivity index (χ0n) is 40.2. The maximum Gasteiger partial charge on any atom is 0.306 e. The molecule has 0 aliphatic heterocycles. The molecule has 6 nitrogen and oxygen atoms in total. The summed E-state index contributed by atoms with van der Waals surface area (Å²) in [6.07, 6.45) is 60.6. The molecule has 0 N–H and O–H groups in total. The van der Waals surface area contributed by atoms with Gasteiger partial charge >= 0.3 is 17.9 Å². The molecule has 0 aromatic rings. The number of hydrogen-bond acceptors (Lipinski definition) is 6. The van der Waals surface area contributed by atoms with Gasteiger partial charge in [-0.2, -0.15) is 0 Å². The highest BCUT2D eigenvalue weighted by molar-refractivity contribution is 5.71. The van der Waals surface area contributed by atoms with E-state index in [1.54, 1.807) is 0 Å². The Balaban J connectivity index is 4.41. The van der Waals surface area contributed by atoms with Crippen molar-refractivity contribution in [2.75, 3.05) is 13.2 Å². The Labute approximate surface area is 377 Å². The van der Waals surface area contributed by atoms with E-state index in [9.17, 15) is 14.4 Å². The average molecular weight is 853 g/mol. The van der Waals surface area contributed by atoms with E-state index in [1.165, 1.54) is 116 Å². The molecule has 0 unspecified atom stereocenters. The van der Waals surface area contributed by atoms with E-state index in [2.05, 4.69) is 81.5 Å². The third-order valence-electron chi connectivity index (χ3n) is 11.0. The van der Waals surface area contributed by atoms with E-state index in [0.717, 1.165) is 96.3 Å². The molecule has 0 aliphatic rings. The molecule has 0 heterocycles. The molecule has 0 bridgehead atoms. The van der Waals surface area contributed by atoms with Crippen molar-refractivity contribution < 1.29 is 28.6 Å². The quantitative estimate of drug-likeness (QED) is 0.0263. The molecule has 0 aromatic heterocycles. The molecule has 0 spiro atoms. The second-order valence-corrected chi connectivity index (χ2v) is 17.1. The van der Waals surface area contributed by atoms with Crippen molar-refractivity contribution in [1.29, 1.82) is 0 Å². The van der Waals surface area contributed by atoms with Crippen LogP contribution < -0.4 is 0 Å². The van der Waals surface area contributed by atoms with Gasteiger partial charge in [0.2, 0.25) is 0 Å². The summed E-state index contributed by atoms with van der Waals surface area (Å²) in [5.41, 5.74) is 0. The fourth-order valence-corrected chi connectivity index (χ4v) is 7.07. The van der Waals surface area contributed by atoms with Crippen molar-refractivity contribution in [3.63, 3.8) is 0 Å². The van der Waals surface area contributed by atoms with Crippen LogP contribution in [-0.2, 0) is 28.6 Å². The minimum absolute atomic E-state index is 0.0862. The van der Waals surface area contributed by atoms with Gasteiger partial charge in [-0.15, -0.1) is 0 Å². The van der Waals surface area contributed by atoms with Gasteiger partial charge in [0.1, 0.15) is 13.2 Å². The highest BCUT2D eigenvalue weighted by Crippen LogP contribution is 2.14. The number of hydrogen-bond donors (Lipinski definition) is 0. The van der Waals surface area contributed by atoms with Crippen molar-refractivity contribution in [3.05, 3.63) is 60.8 Å². The van der Waals surface area contributed by atoms with Crippen LogP contribution in [0.25, 0.3) is 0 Å². The Morgan fingerprint density at radius 2 is 0.590 bits per heavy atom. The third kappa shape index (κ3) is 48.0. The lowest BCUT2D eigenvalue weighted by Crippen LogP contribution is -2.30. The molecule has 6 heteroatoms. The molecule has 0 amide bonds. The van der Waals surface area contributed by atoms with Crippen LogP contribution >= 0.6 is 0 Å². The summed E-state index contributed by atoms with van der Waals surface area (Å²) < 4.78 is 16.7. The highest BCUT2D eigenvalue weighted by Gasteiger charge is 2.19. The van der Waals surface area contributed by atoms with Crippen molar-refractivity contribution in [3.8, 4) is 0 Å². The molecule has 1 atom stereocenters. The normalized spacial score (nSPS) is 12.5. The largest absolute Gasteiger partial charge is 0.462 e. The first-order valence-electron chi connectivity index (χ1n) is 25.8. The summed E-state index contributed by atoms with van der Waals surface area (Å²) in [6, 6.07) is 0. The molecular weight excluding hydrogens is 757 g/mol. The van der Waals surface area contributed by atoms with Crippen LogP contribution in [0.5, 0.6) is 0 Å². The van der Waals surface area contributed by atoms with Crippen molar-refractivity contribution in [2.24, 2.45) is 0 Å². The van der Waals surface area contributed by atoms with Crippen molar-refractivity contribution in [2.45, 2.75) is 258 Å². The molecule has 0 saturated carbocycles. The summed E-state index contributed by atoms with van der Waals surface area (Å²) >= 11 is 0. The average Bonchev–Trinajstić information content (AvgIpc) is 3.26. The smallest absolute Gasteiger partial charge is 0.306 e. The predicted molar refractivity (Wildman–Crippen MR) is 261 cm³/mol. The molecule has 352 valence electrons. The minimum Gasteiger partial charge on any atom is -0.462 e. The summed E-state index contributed by atoms with van der Waals surface area (Å²) in [6.45, 7) is 6.56. The van der Waals surface area contributed by atoms with Crippen LogP contribution in [-0.4, -0.2) is 37.2 Å². The zero-order chi connectivity index (χ0) is 44.4. The lowest BCUT2D eigenvalue weighted by Gasteiger charge is -2.18. The highest BCUT2D eigenvalue weighted by atomic mass is 16.6. The number of esters is 3. The third-order valence-corrected chi connectivity index (χ3v) is 11.0. The second-order valence-electron chi connectivity index (χ2n) is 17.1. The first-order valence-corrected chi connectivity index (χ1v) is 25.8. The van der Waals surface area contributed by atoms with Crippen LogP contribution in [0.2, 0.25) is 0 Å². The Bertz CT molecular complexity index is 1120. The number of allylic oxidation sites excluding steroid dienone is 10. The monoisotopic (exact) mass is 853 g/mol. The Hall–Kier alpha value is -2.89. The maximum atomic E-state index is 12.8. The Kier molecular flexibility index (Phi) is 47.4. The summed E-state index contributed by atoms with van der Waals surface area (Å²) in [5, 5.41) is 0. The van der Waals surface area contributed by atoms with E-state index < -0.39 is 6.10 Å². The van der Waals surface area contributed by atoms with Gasteiger partial charge < -0.3 is 14.2 Å². The van der Waals surface area contributed by atoms with Gasteiger partial charge in [-0.25, -0.2) is 0 Å². The predicted octanol–water partition coefficient (Wildman–Crippen LogP) is 16.9. The molecule has 0 rings (SSSR count). The van der Waals surface area contributed by atoms with Gasteiger partial charge in [0.15, 0.2) is 6.10 Å². The van der Waals surface area contributed by atoms with Crippen LogP contribution in [0.4, 0.5) is 0 Å². The molecule has 61 heavy (non-hydrogen) atoms. The lowest BCUT2D eigenvalue weighted by molar-refractivity contribution is -0.167. The SMILES string of the molecule is CCCCC/C=C\C/C=C\C/C=C\C/C=C\CCCCCC(=O)OC[C@H](COC(=O)CCCCCCCCCCCCC)OC(=O)CCCCCCC/C=C\CCCCCC. The second kappa shape index (κ2) is 49.8. The zero-order valence-corrected chi connectivity index (χ0v) is 40.2. The maximum absolute atomic E-state index is 12.8. The van der Waals surface area contributed by atoms with Gasteiger partial charge in [0, 0.05) is 19.3 Å². The Morgan fingerprint density at radius 1 is 0.328 bits per heavy atom. The van der Waals surface area contributed by atoms with Gasteiger partial charge in [-0.05, 0) is 89.9 Å². The van der Waals surface area contributed by atoms with Gasteiger partial charge in [-0.1, -0.05) is 204 Å². The molecule has 0 saturated heterocycles. The van der Waals surface area contributed by atoms with Crippen LogP contribution in [0.15, 0.2) is 60.8 Å². The summed E-state index contributed by atoms with van der Waals surface area (Å²) in [5.74, 6) is -0.925. The van der Waals surface area contributed by atoms with Crippen molar-refractivity contribution >= 4 is 17.9 Å². The van der Waals surface area contributed by atoms with Gasteiger partial charge in [0.25, 0.3) is 0 Å². The number of carbonyl (C=O) groups is 3. The standard InChI is InChI=1S/C55H96O6/c1-4-7-10-13-16-19-22-24-25-26-27-28-29-31-33-36-39-42-45-48-54(57)60-51-52(50-59-53(56)47-44-41-38-35-32-21-18-15-12-9-6-3)61-55(58)49-46-43-40-37-34-30-23-20-17-14-11-8-5-2/h16,19-20,23-25,27-28,31,33,52H,4-15,17-18,21-22,26,29-30,32,34-51H2,1-3H3/b19-16-,23-20-,25-24-,28-27-,33-31-/t52-/m0/s1. The minimum atomic E-state index is -0.788.